The van der Waals surface area contributed by atoms with Crippen LogP contribution in [0.1, 0.15) is 28.4 Å². The number of carbonyl (C=O) groups excluding carboxylic acids is 1. The molecule has 3 aromatic carbocycles. The topological polar surface area (TPSA) is 76.0 Å². The molecule has 1 aliphatic rings. The van der Waals surface area contributed by atoms with Crippen molar-refractivity contribution >= 4 is 16.7 Å². The third-order valence-electron chi connectivity index (χ3n) is 5.93. The summed E-state index contributed by atoms with van der Waals surface area (Å²) in [6.07, 6.45) is 1.63. The number of fused-ring (bicyclic) bond motifs is 2. The van der Waals surface area contributed by atoms with Crippen molar-refractivity contribution in [2.75, 3.05) is 26.9 Å². The average Bonchev–Trinajstić information content (AvgIpc) is 2.90. The molecule has 0 aliphatic carbocycles. The molecule has 178 valence electrons. The highest BCUT2D eigenvalue weighted by Crippen LogP contribution is 2.34. The lowest BCUT2D eigenvalue weighted by atomic mass is 10.0. The fourth-order valence-corrected chi connectivity index (χ4v) is 4.17. The van der Waals surface area contributed by atoms with E-state index in [4.69, 9.17) is 18.9 Å². The predicted molar refractivity (Wildman–Crippen MR) is 132 cm³/mol. The van der Waals surface area contributed by atoms with E-state index in [0.717, 1.165) is 11.3 Å². The average molecular weight is 472 g/mol. The van der Waals surface area contributed by atoms with Crippen molar-refractivity contribution in [2.24, 2.45) is 0 Å². The Hall–Kier alpha value is -4.26. The van der Waals surface area contributed by atoms with Gasteiger partial charge in [0, 0.05) is 24.4 Å². The quantitative estimate of drug-likeness (QED) is 0.371. The van der Waals surface area contributed by atoms with Gasteiger partial charge in [-0.15, -0.1) is 0 Å². The van der Waals surface area contributed by atoms with Crippen molar-refractivity contribution < 1.29 is 23.7 Å². The van der Waals surface area contributed by atoms with Gasteiger partial charge < -0.3 is 23.5 Å². The molecule has 1 aliphatic heterocycles. The maximum absolute atomic E-state index is 13.5. The normalized spacial score (nSPS) is 12.4. The van der Waals surface area contributed by atoms with Gasteiger partial charge in [-0.05, 0) is 55.0 Å². The van der Waals surface area contributed by atoms with Crippen molar-refractivity contribution in [3.8, 4) is 23.0 Å². The van der Waals surface area contributed by atoms with Gasteiger partial charge in [0.25, 0.3) is 0 Å². The smallest absolute Gasteiger partial charge is 0.200 e. The van der Waals surface area contributed by atoms with Crippen molar-refractivity contribution in [2.45, 2.75) is 13.5 Å². The molecule has 0 unspecified atom stereocenters. The van der Waals surface area contributed by atoms with Gasteiger partial charge in [0.05, 0.1) is 30.2 Å². The van der Waals surface area contributed by atoms with E-state index in [9.17, 15) is 9.59 Å². The number of aromatic nitrogens is 1. The third-order valence-corrected chi connectivity index (χ3v) is 5.93. The van der Waals surface area contributed by atoms with E-state index >= 15 is 0 Å². The number of methoxy groups -OCH3 is 1. The number of ketones is 1. The van der Waals surface area contributed by atoms with E-state index < -0.39 is 0 Å². The molecule has 7 heteroatoms. The largest absolute Gasteiger partial charge is 0.497 e. The standard InChI is InChI=1S/C28H25NO6/c1-3-33-21-10-6-19(7-11-21)27(30)23-17-29(16-18-4-8-20(32-2)9-5-18)24-15-26-25(34-12-13-35-26)14-22(24)28(23)31/h4-11,14-15,17H,3,12-13,16H2,1-2H3. The highest BCUT2D eigenvalue weighted by molar-refractivity contribution is 6.10. The first-order valence-electron chi connectivity index (χ1n) is 11.4. The number of hydrogen-bond acceptors (Lipinski definition) is 6. The number of hydrogen-bond donors (Lipinski definition) is 0. The zero-order valence-corrected chi connectivity index (χ0v) is 19.6. The minimum absolute atomic E-state index is 0.0897. The number of ether oxygens (including phenoxy) is 4. The van der Waals surface area contributed by atoms with Gasteiger partial charge in [-0.1, -0.05) is 12.1 Å². The summed E-state index contributed by atoms with van der Waals surface area (Å²) >= 11 is 0. The summed E-state index contributed by atoms with van der Waals surface area (Å²) in [7, 11) is 1.62. The molecule has 0 atom stereocenters. The van der Waals surface area contributed by atoms with Crippen LogP contribution in [0.5, 0.6) is 23.0 Å². The molecular weight excluding hydrogens is 446 g/mol. The van der Waals surface area contributed by atoms with E-state index in [0.29, 0.717) is 60.1 Å². The van der Waals surface area contributed by atoms with Crippen LogP contribution in [0.4, 0.5) is 0 Å². The lowest BCUT2D eigenvalue weighted by molar-refractivity contribution is 0.103. The van der Waals surface area contributed by atoms with Crippen molar-refractivity contribution in [1.29, 1.82) is 0 Å². The molecule has 0 spiro atoms. The molecule has 0 amide bonds. The summed E-state index contributed by atoms with van der Waals surface area (Å²) in [5, 5.41) is 0.402. The van der Waals surface area contributed by atoms with Gasteiger partial charge in [-0.3, -0.25) is 9.59 Å². The molecular formula is C28H25NO6. The van der Waals surface area contributed by atoms with Crippen LogP contribution in [-0.4, -0.2) is 37.3 Å². The first kappa shape index (κ1) is 22.5. The molecule has 5 rings (SSSR count). The minimum atomic E-state index is -0.349. The van der Waals surface area contributed by atoms with Crippen molar-refractivity contribution in [3.63, 3.8) is 0 Å². The second-order valence-corrected chi connectivity index (χ2v) is 8.15. The van der Waals surface area contributed by atoms with Crippen LogP contribution in [0.15, 0.2) is 71.7 Å². The molecule has 0 radical (unpaired) electrons. The Kier molecular flexibility index (Phi) is 6.14. The summed E-state index contributed by atoms with van der Waals surface area (Å²) in [5.74, 6) is 2.16. The van der Waals surface area contributed by atoms with E-state index in [2.05, 4.69) is 0 Å². The van der Waals surface area contributed by atoms with Crippen LogP contribution in [0, 0.1) is 0 Å². The Morgan fingerprint density at radius 2 is 1.60 bits per heavy atom. The zero-order valence-electron chi connectivity index (χ0n) is 19.6. The van der Waals surface area contributed by atoms with Crippen LogP contribution in [0.2, 0.25) is 0 Å². The fourth-order valence-electron chi connectivity index (χ4n) is 4.17. The highest BCUT2D eigenvalue weighted by atomic mass is 16.6. The maximum atomic E-state index is 13.5. The van der Waals surface area contributed by atoms with Crippen LogP contribution < -0.4 is 24.4 Å². The Balaban J connectivity index is 1.63. The van der Waals surface area contributed by atoms with Crippen molar-refractivity contribution in [1.82, 2.24) is 4.57 Å². The molecule has 1 aromatic heterocycles. The van der Waals surface area contributed by atoms with Gasteiger partial charge >= 0.3 is 0 Å². The Morgan fingerprint density at radius 1 is 0.943 bits per heavy atom. The summed E-state index contributed by atoms with van der Waals surface area (Å²) in [6.45, 7) is 3.72. The molecule has 2 heterocycles. The van der Waals surface area contributed by atoms with Gasteiger partial charge in [0.2, 0.25) is 5.43 Å². The van der Waals surface area contributed by atoms with Gasteiger partial charge in [-0.25, -0.2) is 0 Å². The number of nitrogens with zero attached hydrogens (tertiary/aromatic N) is 1. The van der Waals surface area contributed by atoms with Gasteiger partial charge in [0.1, 0.15) is 24.7 Å². The Bertz CT molecular complexity index is 1440. The minimum Gasteiger partial charge on any atom is -0.497 e. The monoisotopic (exact) mass is 471 g/mol. The van der Waals surface area contributed by atoms with Gasteiger partial charge in [0.15, 0.2) is 17.3 Å². The predicted octanol–water partition coefficient (Wildman–Crippen LogP) is 4.46. The molecule has 0 fully saturated rings. The summed E-state index contributed by atoms with van der Waals surface area (Å²) in [4.78, 5) is 26.9. The molecule has 0 bridgehead atoms. The Labute approximate surface area is 202 Å². The zero-order chi connectivity index (χ0) is 24.4. The second kappa shape index (κ2) is 9.54. The Morgan fingerprint density at radius 3 is 2.26 bits per heavy atom. The highest BCUT2D eigenvalue weighted by Gasteiger charge is 2.21. The molecule has 35 heavy (non-hydrogen) atoms. The number of pyridine rings is 1. The lowest BCUT2D eigenvalue weighted by Gasteiger charge is -2.21. The number of rotatable bonds is 7. The molecule has 4 aromatic rings. The van der Waals surface area contributed by atoms with Crippen LogP contribution in [0.25, 0.3) is 10.9 Å². The van der Waals surface area contributed by atoms with E-state index in [1.807, 2.05) is 35.8 Å². The lowest BCUT2D eigenvalue weighted by Crippen LogP contribution is -2.21. The number of benzene rings is 3. The van der Waals surface area contributed by atoms with Crippen LogP contribution in [0.3, 0.4) is 0 Å². The summed E-state index contributed by atoms with van der Waals surface area (Å²) in [5.41, 5.74) is 1.82. The van der Waals surface area contributed by atoms with E-state index in [1.54, 1.807) is 49.7 Å². The van der Waals surface area contributed by atoms with E-state index in [-0.39, 0.29) is 16.8 Å². The fraction of sp³-hybridized carbons (Fsp3) is 0.214. The number of carbonyl (C=O) groups is 1. The third kappa shape index (κ3) is 4.45. The summed E-state index contributed by atoms with van der Waals surface area (Å²) in [6, 6.07) is 18.0. The maximum Gasteiger partial charge on any atom is 0.200 e. The van der Waals surface area contributed by atoms with Crippen LogP contribution in [-0.2, 0) is 6.54 Å². The first-order chi connectivity index (χ1) is 17.1. The van der Waals surface area contributed by atoms with Crippen LogP contribution >= 0.6 is 0 Å². The molecule has 0 saturated carbocycles. The molecule has 0 saturated heterocycles. The molecule has 0 N–H and O–H groups in total. The van der Waals surface area contributed by atoms with Crippen molar-refractivity contribution in [3.05, 3.63) is 93.8 Å². The van der Waals surface area contributed by atoms with E-state index in [1.165, 1.54) is 0 Å². The molecule has 7 nitrogen and oxygen atoms in total. The SMILES string of the molecule is CCOc1ccc(C(=O)c2cn(Cc3ccc(OC)cc3)c3cc4c(cc3c2=O)OCCO4)cc1. The second-order valence-electron chi connectivity index (χ2n) is 8.15. The van der Waals surface area contributed by atoms with Gasteiger partial charge in [-0.2, -0.15) is 0 Å². The first-order valence-corrected chi connectivity index (χ1v) is 11.4. The summed E-state index contributed by atoms with van der Waals surface area (Å²) < 4.78 is 24.1.